The van der Waals surface area contributed by atoms with E-state index in [0.717, 1.165) is 22.3 Å². The first-order valence-electron chi connectivity index (χ1n) is 10.3. The van der Waals surface area contributed by atoms with Gasteiger partial charge in [-0.15, -0.1) is 0 Å². The largest absolute Gasteiger partial charge is 0.492 e. The number of anilines is 1. The zero-order valence-corrected chi connectivity index (χ0v) is 18.8. The van der Waals surface area contributed by atoms with Crippen molar-refractivity contribution in [3.8, 4) is 0 Å². The highest BCUT2D eigenvalue weighted by Gasteiger charge is 2.52. The molecule has 3 rings (SSSR count). The Labute approximate surface area is 184 Å². The highest BCUT2D eigenvalue weighted by molar-refractivity contribution is 6.56. The highest BCUT2D eigenvalue weighted by Crippen LogP contribution is 2.38. The van der Waals surface area contributed by atoms with Crippen LogP contribution in [0, 0.1) is 6.92 Å². The maximum absolute atomic E-state index is 12.3. The SMILES string of the molecule is Cc1ncc(C=C(CNC(=O)OCc2ccccc2)B2OC(C)(C)C(C)(C)O2)cc1N. The normalized spacial score (nSPS) is 17.5. The number of benzene rings is 1. The molecule has 1 aliphatic heterocycles. The zero-order valence-electron chi connectivity index (χ0n) is 18.8. The number of aryl methyl sites for hydroxylation is 1. The number of aromatic nitrogens is 1. The third kappa shape index (κ3) is 5.65. The number of nitrogens with one attached hydrogen (secondary N) is 1. The number of ether oxygens (including phenoxy) is 1. The molecule has 7 nitrogen and oxygen atoms in total. The first kappa shape index (κ1) is 22.8. The second-order valence-corrected chi connectivity index (χ2v) is 8.67. The molecule has 0 bridgehead atoms. The van der Waals surface area contributed by atoms with Crippen LogP contribution in [-0.2, 0) is 20.7 Å². The summed E-state index contributed by atoms with van der Waals surface area (Å²) in [6, 6.07) is 11.4. The van der Waals surface area contributed by atoms with Crippen molar-refractivity contribution in [2.24, 2.45) is 0 Å². The molecule has 0 radical (unpaired) electrons. The van der Waals surface area contributed by atoms with E-state index in [4.69, 9.17) is 19.8 Å². The molecule has 2 heterocycles. The van der Waals surface area contributed by atoms with Crippen LogP contribution in [0.5, 0.6) is 0 Å². The van der Waals surface area contributed by atoms with E-state index in [1.54, 1.807) is 6.20 Å². The second-order valence-electron chi connectivity index (χ2n) is 8.67. The standard InChI is InChI=1S/C23H30BN3O4/c1-16-20(25)12-18(13-26-16)11-19(24-30-22(2,3)23(4,5)31-24)14-27-21(28)29-15-17-9-7-6-8-10-17/h6-13H,14-15,25H2,1-5H3,(H,27,28). The molecule has 0 spiro atoms. The minimum absolute atomic E-state index is 0.193. The summed E-state index contributed by atoms with van der Waals surface area (Å²) in [6.45, 7) is 10.2. The fraction of sp³-hybridized carbons (Fsp3) is 0.391. The van der Waals surface area contributed by atoms with Gasteiger partial charge >= 0.3 is 13.2 Å². The maximum atomic E-state index is 12.3. The number of nitrogens with two attached hydrogens (primary N) is 1. The number of alkyl carbamates (subject to hydrolysis) is 1. The Morgan fingerprint density at radius 1 is 1.19 bits per heavy atom. The molecule has 164 valence electrons. The van der Waals surface area contributed by atoms with Crippen LogP contribution in [0.1, 0.15) is 44.5 Å². The van der Waals surface area contributed by atoms with Crippen molar-refractivity contribution in [3.05, 3.63) is 64.9 Å². The van der Waals surface area contributed by atoms with Gasteiger partial charge in [0.1, 0.15) is 6.61 Å². The number of pyridine rings is 1. The molecule has 8 heteroatoms. The van der Waals surface area contributed by atoms with Gasteiger partial charge in [0.25, 0.3) is 0 Å². The number of hydrogen-bond donors (Lipinski definition) is 2. The third-order valence-corrected chi connectivity index (χ3v) is 5.70. The van der Waals surface area contributed by atoms with Crippen molar-refractivity contribution in [2.45, 2.75) is 52.4 Å². The summed E-state index contributed by atoms with van der Waals surface area (Å²) in [5.74, 6) is 0. The van der Waals surface area contributed by atoms with Gasteiger partial charge in [-0.3, -0.25) is 4.98 Å². The number of carbonyl (C=O) groups excluding carboxylic acids is 1. The van der Waals surface area contributed by atoms with E-state index in [1.807, 2.05) is 77.1 Å². The average Bonchev–Trinajstić information content (AvgIpc) is 2.94. The van der Waals surface area contributed by atoms with Gasteiger partial charge in [0, 0.05) is 12.7 Å². The average molecular weight is 423 g/mol. The highest BCUT2D eigenvalue weighted by atomic mass is 16.7. The molecule has 0 atom stereocenters. The summed E-state index contributed by atoms with van der Waals surface area (Å²) in [5, 5.41) is 2.79. The van der Waals surface area contributed by atoms with Crippen LogP contribution in [0.4, 0.5) is 10.5 Å². The lowest BCUT2D eigenvalue weighted by Crippen LogP contribution is -2.41. The van der Waals surface area contributed by atoms with Gasteiger partial charge in [0.05, 0.1) is 22.6 Å². The predicted octanol–water partition coefficient (Wildman–Crippen LogP) is 3.91. The molecule has 2 aromatic rings. The molecule has 0 saturated carbocycles. The quantitative estimate of drug-likeness (QED) is 0.684. The number of nitrogen functional groups attached to an aromatic ring is 1. The van der Waals surface area contributed by atoms with Crippen LogP contribution in [0.3, 0.4) is 0 Å². The van der Waals surface area contributed by atoms with Gasteiger partial charge in [-0.2, -0.15) is 0 Å². The van der Waals surface area contributed by atoms with Gasteiger partial charge in [0.2, 0.25) is 0 Å². The first-order valence-corrected chi connectivity index (χ1v) is 10.3. The summed E-state index contributed by atoms with van der Waals surface area (Å²) in [6.07, 6.45) is 3.08. The van der Waals surface area contributed by atoms with Crippen LogP contribution >= 0.6 is 0 Å². The Bertz CT molecular complexity index is 945. The smallest absolute Gasteiger partial charge is 0.445 e. The molecular formula is C23H30BN3O4. The summed E-state index contributed by atoms with van der Waals surface area (Å²) in [5.41, 5.74) is 8.81. The van der Waals surface area contributed by atoms with E-state index in [2.05, 4.69) is 10.3 Å². The first-order chi connectivity index (χ1) is 14.6. The van der Waals surface area contributed by atoms with E-state index < -0.39 is 24.4 Å². The van der Waals surface area contributed by atoms with Crippen molar-refractivity contribution < 1.29 is 18.8 Å². The fourth-order valence-corrected chi connectivity index (χ4v) is 3.01. The number of carbonyl (C=O) groups is 1. The molecule has 0 aliphatic carbocycles. The molecule has 1 amide bonds. The molecule has 0 unspecified atom stereocenters. The Hall–Kier alpha value is -2.84. The molecule has 31 heavy (non-hydrogen) atoms. The van der Waals surface area contributed by atoms with Crippen molar-refractivity contribution in [2.75, 3.05) is 12.3 Å². The van der Waals surface area contributed by atoms with E-state index in [0.29, 0.717) is 5.69 Å². The maximum Gasteiger partial charge on any atom is 0.492 e. The van der Waals surface area contributed by atoms with E-state index in [-0.39, 0.29) is 13.2 Å². The summed E-state index contributed by atoms with van der Waals surface area (Å²) in [7, 11) is -0.623. The lowest BCUT2D eigenvalue weighted by molar-refractivity contribution is 0.00578. The zero-order chi connectivity index (χ0) is 22.6. The van der Waals surface area contributed by atoms with Crippen LogP contribution in [-0.4, -0.2) is 35.9 Å². The Morgan fingerprint density at radius 2 is 1.84 bits per heavy atom. The van der Waals surface area contributed by atoms with Gasteiger partial charge in [0.15, 0.2) is 0 Å². The Kier molecular flexibility index (Phi) is 6.72. The van der Waals surface area contributed by atoms with Gasteiger partial charge in [-0.25, -0.2) is 4.79 Å². The molecule has 1 aromatic carbocycles. The molecular weight excluding hydrogens is 393 g/mol. The van der Waals surface area contributed by atoms with E-state index >= 15 is 0 Å². The van der Waals surface area contributed by atoms with Crippen LogP contribution in [0.25, 0.3) is 6.08 Å². The fourth-order valence-electron chi connectivity index (χ4n) is 3.01. The third-order valence-electron chi connectivity index (χ3n) is 5.70. The number of nitrogens with zero attached hydrogens (tertiary/aromatic N) is 1. The van der Waals surface area contributed by atoms with Gasteiger partial charge < -0.3 is 25.1 Å². The predicted molar refractivity (Wildman–Crippen MR) is 122 cm³/mol. The molecule has 1 aliphatic rings. The molecule has 1 aromatic heterocycles. The summed E-state index contributed by atoms with van der Waals surface area (Å²) in [4.78, 5) is 16.6. The van der Waals surface area contributed by atoms with Crippen molar-refractivity contribution >= 4 is 25.0 Å². The Morgan fingerprint density at radius 3 is 2.45 bits per heavy atom. The van der Waals surface area contributed by atoms with Crippen molar-refractivity contribution in [1.82, 2.24) is 10.3 Å². The number of rotatable bonds is 6. The molecule has 1 saturated heterocycles. The monoisotopic (exact) mass is 423 g/mol. The van der Waals surface area contributed by atoms with Crippen molar-refractivity contribution in [1.29, 1.82) is 0 Å². The van der Waals surface area contributed by atoms with Gasteiger partial charge in [-0.1, -0.05) is 36.4 Å². The minimum atomic E-state index is -0.623. The number of hydrogen-bond acceptors (Lipinski definition) is 6. The Balaban J connectivity index is 1.73. The van der Waals surface area contributed by atoms with Crippen LogP contribution < -0.4 is 11.1 Å². The molecule has 1 fully saturated rings. The minimum Gasteiger partial charge on any atom is -0.445 e. The van der Waals surface area contributed by atoms with Crippen molar-refractivity contribution in [3.63, 3.8) is 0 Å². The van der Waals surface area contributed by atoms with E-state index in [9.17, 15) is 4.79 Å². The summed E-state index contributed by atoms with van der Waals surface area (Å²) < 4.78 is 17.7. The van der Waals surface area contributed by atoms with Crippen LogP contribution in [0.2, 0.25) is 0 Å². The van der Waals surface area contributed by atoms with Crippen LogP contribution in [0.15, 0.2) is 48.1 Å². The van der Waals surface area contributed by atoms with E-state index in [1.165, 1.54) is 0 Å². The second kappa shape index (κ2) is 9.12. The lowest BCUT2D eigenvalue weighted by Gasteiger charge is -2.32. The molecule has 3 N–H and O–H groups in total. The number of amides is 1. The topological polar surface area (TPSA) is 95.7 Å². The van der Waals surface area contributed by atoms with Gasteiger partial charge in [-0.05, 0) is 57.3 Å². The lowest BCUT2D eigenvalue weighted by atomic mass is 9.77. The summed E-state index contributed by atoms with van der Waals surface area (Å²) >= 11 is 0.